The van der Waals surface area contributed by atoms with E-state index >= 15 is 0 Å². The fraction of sp³-hybridized carbons (Fsp3) is 1.00. The average Bonchev–Trinajstić information content (AvgIpc) is 1.84. The monoisotopic (exact) mass is 205 g/mol. The maximum atomic E-state index is 12.4. The molecule has 0 bridgehead atoms. The molecule has 0 aromatic carbocycles. The third-order valence-electron chi connectivity index (χ3n) is 1.17. The van der Waals surface area contributed by atoms with Gasteiger partial charge in [0.1, 0.15) is 0 Å². The van der Waals surface area contributed by atoms with Crippen LogP contribution >= 0.6 is 7.60 Å². The lowest BCUT2D eigenvalue weighted by atomic mass is 10.2. The van der Waals surface area contributed by atoms with E-state index in [1.165, 1.54) is 0 Å². The topological polar surface area (TPSA) is 104 Å². The Morgan fingerprint density at radius 3 is 2.17 bits per heavy atom. The summed E-state index contributed by atoms with van der Waals surface area (Å²) in [6.07, 6.45) is -1.23. The Kier molecular flexibility index (Phi) is 3.74. The quantitative estimate of drug-likeness (QED) is 0.462. The highest BCUT2D eigenvalue weighted by Crippen LogP contribution is 2.54. The molecule has 0 spiro atoms. The molecule has 0 fully saturated rings. The Labute approximate surface area is 67.4 Å². The lowest BCUT2D eigenvalue weighted by Crippen LogP contribution is -2.33. The van der Waals surface area contributed by atoms with E-state index in [0.29, 0.717) is 0 Å². The summed E-state index contributed by atoms with van der Waals surface area (Å²) in [4.78, 5) is 16.2. The summed E-state index contributed by atoms with van der Waals surface area (Å²) in [7, 11) is -5.46. The largest absolute Gasteiger partial charge is 0.395 e. The molecule has 0 saturated carbocycles. The van der Waals surface area contributed by atoms with Gasteiger partial charge in [-0.15, -0.1) is 0 Å². The molecule has 74 valence electrons. The van der Waals surface area contributed by atoms with Gasteiger partial charge < -0.3 is 20.6 Å². The van der Waals surface area contributed by atoms with Crippen LogP contribution in [-0.4, -0.2) is 33.2 Å². The van der Waals surface area contributed by atoms with Gasteiger partial charge in [-0.1, -0.05) is 0 Å². The molecule has 0 unspecified atom stereocenters. The van der Waals surface area contributed by atoms with E-state index in [1.807, 2.05) is 0 Å². The minimum atomic E-state index is -5.46. The summed E-state index contributed by atoms with van der Waals surface area (Å²) in [5.41, 5.74) is 0.725. The van der Waals surface area contributed by atoms with Crippen molar-refractivity contribution in [3.8, 4) is 0 Å². The molecule has 1 atom stereocenters. The highest BCUT2D eigenvalue weighted by atomic mass is 31.2. The van der Waals surface area contributed by atoms with Crippen LogP contribution < -0.4 is 5.73 Å². The van der Waals surface area contributed by atoms with Crippen LogP contribution in [0.5, 0.6) is 0 Å². The van der Waals surface area contributed by atoms with Crippen molar-refractivity contribution in [1.29, 1.82) is 0 Å². The number of hydrogen-bond donors (Lipinski definition) is 4. The maximum absolute atomic E-state index is 12.4. The Hall–Kier alpha value is -0.0700. The molecule has 0 aromatic heterocycles. The molecule has 0 aliphatic rings. The first kappa shape index (κ1) is 11.9. The lowest BCUT2D eigenvalue weighted by molar-refractivity contribution is 0.0372. The van der Waals surface area contributed by atoms with Gasteiger partial charge in [0.2, 0.25) is 0 Å². The number of aliphatic hydroxyl groups excluding tert-OH is 1. The zero-order valence-corrected chi connectivity index (χ0v) is 6.92. The van der Waals surface area contributed by atoms with Crippen molar-refractivity contribution < 1.29 is 28.2 Å². The van der Waals surface area contributed by atoms with Gasteiger partial charge in [0, 0.05) is 12.5 Å². The predicted octanol–water partition coefficient (Wildman–Crippen LogP) is -0.533. The molecule has 0 heterocycles. The van der Waals surface area contributed by atoms with Crippen LogP contribution in [0.1, 0.15) is 6.42 Å². The van der Waals surface area contributed by atoms with Crippen LogP contribution in [0, 0.1) is 0 Å². The highest BCUT2D eigenvalue weighted by molar-refractivity contribution is 7.53. The Balaban J connectivity index is 4.33. The van der Waals surface area contributed by atoms with Crippen molar-refractivity contribution in [3.63, 3.8) is 0 Å². The molecule has 0 rings (SSSR count). The summed E-state index contributed by atoms with van der Waals surface area (Å²) in [5, 5.41) is 8.25. The van der Waals surface area contributed by atoms with E-state index in [2.05, 4.69) is 0 Å². The van der Waals surface area contributed by atoms with Gasteiger partial charge in [-0.3, -0.25) is 4.57 Å². The van der Waals surface area contributed by atoms with E-state index in [-0.39, 0.29) is 0 Å². The molecule has 8 heteroatoms. The normalized spacial score (nSPS) is 16.2. The second kappa shape index (κ2) is 3.76. The highest BCUT2D eigenvalue weighted by Gasteiger charge is 2.49. The van der Waals surface area contributed by atoms with Gasteiger partial charge in [0.25, 0.3) is 0 Å². The van der Waals surface area contributed by atoms with E-state index < -0.39 is 32.3 Å². The zero-order valence-electron chi connectivity index (χ0n) is 6.02. The maximum Gasteiger partial charge on any atom is 0.394 e. The zero-order chi connectivity index (χ0) is 9.99. The van der Waals surface area contributed by atoms with E-state index in [4.69, 9.17) is 20.6 Å². The van der Waals surface area contributed by atoms with Crippen LogP contribution in [0.2, 0.25) is 0 Å². The Morgan fingerprint density at radius 2 is 1.92 bits per heavy atom. The molecule has 12 heavy (non-hydrogen) atoms. The average molecular weight is 205 g/mol. The van der Waals surface area contributed by atoms with Crippen LogP contribution in [0.3, 0.4) is 0 Å². The van der Waals surface area contributed by atoms with Gasteiger partial charge in [0.15, 0.2) is 0 Å². The first-order valence-corrected chi connectivity index (χ1v) is 4.62. The van der Waals surface area contributed by atoms with E-state index in [9.17, 15) is 13.3 Å². The van der Waals surface area contributed by atoms with Crippen molar-refractivity contribution >= 4 is 7.60 Å². The number of aliphatic hydroxyl groups is 1. The van der Waals surface area contributed by atoms with E-state index in [0.717, 1.165) is 0 Å². The molecule has 5 N–H and O–H groups in total. The van der Waals surface area contributed by atoms with Crippen LogP contribution in [0.15, 0.2) is 0 Å². The summed E-state index contributed by atoms with van der Waals surface area (Å²) in [5.74, 6) is 0. The minimum absolute atomic E-state index is 0.740. The summed E-state index contributed by atoms with van der Waals surface area (Å²) in [6.45, 7) is -0.740. The molecular weight excluding hydrogens is 195 g/mol. The molecule has 0 aromatic rings. The lowest BCUT2D eigenvalue weighted by Gasteiger charge is -2.19. The standard InChI is InChI=1S/C4H10F2NO4P/c5-4(6,12(9,10)11)1-3(7)2-8/h3,8H,1-2,7H2,(H2,9,10,11)/t3-/m0/s1. The number of alkyl halides is 2. The summed E-state index contributed by atoms with van der Waals surface area (Å²) >= 11 is 0. The van der Waals surface area contributed by atoms with Gasteiger partial charge in [-0.25, -0.2) is 0 Å². The van der Waals surface area contributed by atoms with Crippen molar-refractivity contribution in [2.45, 2.75) is 18.1 Å². The third-order valence-corrected chi connectivity index (χ3v) is 2.20. The molecule has 0 aliphatic heterocycles. The third kappa shape index (κ3) is 3.12. The smallest absolute Gasteiger partial charge is 0.394 e. The van der Waals surface area contributed by atoms with Crippen LogP contribution in [-0.2, 0) is 4.57 Å². The number of hydrogen-bond acceptors (Lipinski definition) is 3. The van der Waals surface area contributed by atoms with Crippen molar-refractivity contribution in [3.05, 3.63) is 0 Å². The van der Waals surface area contributed by atoms with Crippen molar-refractivity contribution in [1.82, 2.24) is 0 Å². The van der Waals surface area contributed by atoms with Crippen LogP contribution in [0.25, 0.3) is 0 Å². The van der Waals surface area contributed by atoms with Gasteiger partial charge >= 0.3 is 13.3 Å². The fourth-order valence-corrected chi connectivity index (χ4v) is 0.971. The molecule has 0 aliphatic carbocycles. The van der Waals surface area contributed by atoms with E-state index in [1.54, 1.807) is 0 Å². The second-order valence-corrected chi connectivity index (χ2v) is 4.10. The minimum Gasteiger partial charge on any atom is -0.395 e. The SMILES string of the molecule is N[C@H](CO)CC(F)(F)P(=O)(O)O. The number of halogens is 2. The Bertz CT molecular complexity index is 193. The summed E-state index contributed by atoms with van der Waals surface area (Å²) in [6, 6.07) is -1.33. The van der Waals surface area contributed by atoms with Gasteiger partial charge in [-0.05, 0) is 0 Å². The first-order chi connectivity index (χ1) is 5.20. The van der Waals surface area contributed by atoms with Crippen molar-refractivity contribution in [2.24, 2.45) is 5.73 Å². The molecular formula is C4H10F2NO4P. The van der Waals surface area contributed by atoms with Crippen molar-refractivity contribution in [2.75, 3.05) is 6.61 Å². The second-order valence-electron chi connectivity index (χ2n) is 2.36. The number of nitrogens with two attached hydrogens (primary N) is 1. The number of rotatable bonds is 4. The molecule has 0 amide bonds. The molecule has 5 nitrogen and oxygen atoms in total. The van der Waals surface area contributed by atoms with Crippen LogP contribution in [0.4, 0.5) is 8.78 Å². The predicted molar refractivity (Wildman–Crippen MR) is 36.7 cm³/mol. The summed E-state index contributed by atoms with van der Waals surface area (Å²) < 4.78 is 34.9. The molecule has 0 radical (unpaired) electrons. The first-order valence-electron chi connectivity index (χ1n) is 3.00. The van der Waals surface area contributed by atoms with Gasteiger partial charge in [-0.2, -0.15) is 8.78 Å². The Morgan fingerprint density at radius 1 is 1.50 bits per heavy atom. The molecule has 0 saturated heterocycles. The van der Waals surface area contributed by atoms with Gasteiger partial charge in [0.05, 0.1) is 6.61 Å². The fourth-order valence-electron chi connectivity index (χ4n) is 0.499.